The molecule has 1 rings (SSSR count). The highest BCUT2D eigenvalue weighted by molar-refractivity contribution is 7.12. The summed E-state index contributed by atoms with van der Waals surface area (Å²) in [5.74, 6) is -0.955. The van der Waals surface area contributed by atoms with Gasteiger partial charge in [0.2, 0.25) is 0 Å². The summed E-state index contributed by atoms with van der Waals surface area (Å²) in [6, 6.07) is 1.57. The Labute approximate surface area is 116 Å². The molecule has 0 atom stereocenters. The van der Waals surface area contributed by atoms with Crippen LogP contribution in [0.5, 0.6) is 0 Å². The van der Waals surface area contributed by atoms with Crippen LogP contribution < -0.4 is 11.1 Å². The molecule has 92 valence electrons. The maximum absolute atomic E-state index is 11.5. The molecule has 0 spiro atoms. The zero-order chi connectivity index (χ0) is 13.0. The van der Waals surface area contributed by atoms with Crippen molar-refractivity contribution in [1.82, 2.24) is 0 Å². The number of anilines is 1. The van der Waals surface area contributed by atoms with Crippen LogP contribution >= 0.6 is 46.1 Å². The molecule has 3 N–H and O–H groups in total. The molecule has 1 aromatic rings. The molecular formula is C9H7Cl3N2O2S. The van der Waals surface area contributed by atoms with Crippen LogP contribution in [0.4, 0.5) is 5.69 Å². The van der Waals surface area contributed by atoms with Gasteiger partial charge >= 0.3 is 0 Å². The Kier molecular flexibility index (Phi) is 5.42. The fourth-order valence-electron chi connectivity index (χ4n) is 0.979. The molecule has 0 bridgehead atoms. The van der Waals surface area contributed by atoms with Crippen molar-refractivity contribution in [3.05, 3.63) is 25.8 Å². The number of hydrogen-bond acceptors (Lipinski definition) is 4. The first kappa shape index (κ1) is 14.5. The van der Waals surface area contributed by atoms with E-state index in [1.807, 2.05) is 0 Å². The molecule has 17 heavy (non-hydrogen) atoms. The maximum Gasteiger partial charge on any atom is 0.269 e. The number of ketones is 1. The normalized spacial score (nSPS) is 9.88. The van der Waals surface area contributed by atoms with E-state index in [1.54, 1.807) is 11.4 Å². The number of carbonyl (C=O) groups excluding carboxylic acids is 2. The lowest BCUT2D eigenvalue weighted by atomic mass is 10.3. The van der Waals surface area contributed by atoms with Gasteiger partial charge in [-0.1, -0.05) is 34.8 Å². The van der Waals surface area contributed by atoms with Crippen molar-refractivity contribution in [2.75, 3.05) is 11.9 Å². The van der Waals surface area contributed by atoms with Gasteiger partial charge in [-0.05, 0) is 11.4 Å². The number of amides is 1. The van der Waals surface area contributed by atoms with Crippen LogP contribution in [-0.4, -0.2) is 18.2 Å². The van der Waals surface area contributed by atoms with Gasteiger partial charge in [0.05, 0.1) is 17.1 Å². The fourth-order valence-corrected chi connectivity index (χ4v) is 2.00. The lowest BCUT2D eigenvalue weighted by molar-refractivity contribution is -0.112. The Balaban J connectivity index is 2.90. The van der Waals surface area contributed by atoms with Gasteiger partial charge in [-0.2, -0.15) is 0 Å². The van der Waals surface area contributed by atoms with Crippen molar-refractivity contribution in [3.63, 3.8) is 0 Å². The number of rotatable bonds is 4. The van der Waals surface area contributed by atoms with Crippen molar-refractivity contribution in [2.45, 2.75) is 0 Å². The molecule has 0 saturated carbocycles. The van der Waals surface area contributed by atoms with E-state index in [1.165, 1.54) is 11.3 Å². The summed E-state index contributed by atoms with van der Waals surface area (Å²) in [5.41, 5.74) is 5.57. The lowest BCUT2D eigenvalue weighted by Crippen LogP contribution is -2.17. The third-order valence-electron chi connectivity index (χ3n) is 1.72. The van der Waals surface area contributed by atoms with Crippen LogP contribution in [-0.2, 0) is 4.79 Å². The SMILES string of the molecule is NCC(=O)c1sccc1NC(=O)C(Cl)=C(Cl)Cl. The van der Waals surface area contributed by atoms with E-state index < -0.39 is 5.91 Å². The highest BCUT2D eigenvalue weighted by Gasteiger charge is 2.16. The monoisotopic (exact) mass is 312 g/mol. The van der Waals surface area contributed by atoms with Gasteiger partial charge in [-0.15, -0.1) is 11.3 Å². The Bertz CT molecular complexity index is 480. The molecule has 0 fully saturated rings. The lowest BCUT2D eigenvalue weighted by Gasteiger charge is -2.04. The Morgan fingerprint density at radius 3 is 2.53 bits per heavy atom. The quantitative estimate of drug-likeness (QED) is 0.663. The molecule has 0 saturated heterocycles. The first-order chi connectivity index (χ1) is 7.97. The number of Topliss-reactive ketones (excluding diaryl/α,β-unsaturated/α-hetero) is 1. The molecule has 0 aromatic carbocycles. The minimum absolute atomic E-state index is 0.136. The number of nitrogens with one attached hydrogen (secondary N) is 1. The van der Waals surface area contributed by atoms with Crippen molar-refractivity contribution >= 4 is 63.5 Å². The first-order valence-electron chi connectivity index (χ1n) is 4.30. The van der Waals surface area contributed by atoms with Gasteiger partial charge in [0.25, 0.3) is 5.91 Å². The molecular weight excluding hydrogens is 307 g/mol. The highest BCUT2D eigenvalue weighted by Crippen LogP contribution is 2.25. The molecule has 0 aliphatic carbocycles. The third-order valence-corrected chi connectivity index (χ3v) is 3.60. The first-order valence-corrected chi connectivity index (χ1v) is 6.31. The van der Waals surface area contributed by atoms with E-state index in [2.05, 4.69) is 5.32 Å². The second-order valence-electron chi connectivity index (χ2n) is 2.82. The van der Waals surface area contributed by atoms with Gasteiger partial charge in [0.1, 0.15) is 9.52 Å². The summed E-state index contributed by atoms with van der Waals surface area (Å²) < 4.78 is -0.342. The standard InChI is InChI=1S/C9H7Cl3N2O2S/c10-6(8(11)12)9(16)14-4-1-2-17-7(4)5(15)3-13/h1-2H,3,13H2,(H,14,16). The van der Waals surface area contributed by atoms with Crippen LogP contribution in [0, 0.1) is 0 Å². The third kappa shape index (κ3) is 3.69. The van der Waals surface area contributed by atoms with Crippen LogP contribution in [0.3, 0.4) is 0 Å². The predicted molar refractivity (Wildman–Crippen MR) is 70.9 cm³/mol. The Morgan fingerprint density at radius 2 is 2.00 bits per heavy atom. The molecule has 1 heterocycles. The van der Waals surface area contributed by atoms with Gasteiger partial charge in [0, 0.05) is 0 Å². The Morgan fingerprint density at radius 1 is 1.35 bits per heavy atom. The zero-order valence-electron chi connectivity index (χ0n) is 8.30. The Hall–Kier alpha value is -0.590. The number of halogens is 3. The average molecular weight is 314 g/mol. The predicted octanol–water partition coefficient (Wildman–Crippen LogP) is 2.71. The van der Waals surface area contributed by atoms with Gasteiger partial charge in [-0.25, -0.2) is 0 Å². The largest absolute Gasteiger partial charge is 0.324 e. The average Bonchev–Trinajstić information content (AvgIpc) is 2.74. The molecule has 4 nitrogen and oxygen atoms in total. The topological polar surface area (TPSA) is 72.2 Å². The van der Waals surface area contributed by atoms with Crippen molar-refractivity contribution in [2.24, 2.45) is 5.73 Å². The molecule has 0 unspecified atom stereocenters. The number of nitrogens with two attached hydrogens (primary N) is 1. The van der Waals surface area contributed by atoms with Gasteiger partial charge < -0.3 is 11.1 Å². The molecule has 1 aromatic heterocycles. The summed E-state index contributed by atoms with van der Waals surface area (Å²) in [5, 5.41) is 3.73. The molecule has 0 aliphatic heterocycles. The number of thiophene rings is 1. The van der Waals surface area contributed by atoms with Gasteiger partial charge in [0.15, 0.2) is 5.78 Å². The smallest absolute Gasteiger partial charge is 0.269 e. The highest BCUT2D eigenvalue weighted by atomic mass is 35.5. The van der Waals surface area contributed by atoms with E-state index in [0.29, 0.717) is 10.6 Å². The molecule has 0 radical (unpaired) electrons. The summed E-state index contributed by atoms with van der Waals surface area (Å²) in [7, 11) is 0. The number of carbonyl (C=O) groups is 2. The summed E-state index contributed by atoms with van der Waals surface area (Å²) >= 11 is 17.4. The van der Waals surface area contributed by atoms with E-state index in [-0.39, 0.29) is 21.9 Å². The minimum atomic E-state index is -0.684. The summed E-state index contributed by atoms with van der Waals surface area (Å²) in [6.07, 6.45) is 0. The minimum Gasteiger partial charge on any atom is -0.324 e. The van der Waals surface area contributed by atoms with Gasteiger partial charge in [-0.3, -0.25) is 9.59 Å². The van der Waals surface area contributed by atoms with Crippen LogP contribution in [0.2, 0.25) is 0 Å². The maximum atomic E-state index is 11.5. The second-order valence-corrected chi connectivity index (χ2v) is 5.06. The van der Waals surface area contributed by atoms with Crippen LogP contribution in [0.25, 0.3) is 0 Å². The summed E-state index contributed by atoms with van der Waals surface area (Å²) in [4.78, 5) is 23.3. The fraction of sp³-hybridized carbons (Fsp3) is 0.111. The van der Waals surface area contributed by atoms with E-state index in [0.717, 1.165) is 0 Å². The van der Waals surface area contributed by atoms with Crippen molar-refractivity contribution < 1.29 is 9.59 Å². The molecule has 1 amide bonds. The van der Waals surface area contributed by atoms with E-state index in [9.17, 15) is 9.59 Å². The number of hydrogen-bond donors (Lipinski definition) is 2. The van der Waals surface area contributed by atoms with Crippen molar-refractivity contribution in [3.8, 4) is 0 Å². The second kappa shape index (κ2) is 6.37. The molecule has 0 aliphatic rings. The van der Waals surface area contributed by atoms with Crippen LogP contribution in [0.1, 0.15) is 9.67 Å². The van der Waals surface area contributed by atoms with E-state index in [4.69, 9.17) is 40.5 Å². The zero-order valence-corrected chi connectivity index (χ0v) is 11.4. The van der Waals surface area contributed by atoms with E-state index >= 15 is 0 Å². The molecule has 8 heteroatoms. The van der Waals surface area contributed by atoms with Crippen molar-refractivity contribution in [1.29, 1.82) is 0 Å². The van der Waals surface area contributed by atoms with Crippen LogP contribution in [0.15, 0.2) is 21.0 Å². The summed E-state index contributed by atoms with van der Waals surface area (Å²) in [6.45, 7) is -0.136.